The fourth-order valence-corrected chi connectivity index (χ4v) is 3.85. The highest BCUT2D eigenvalue weighted by Gasteiger charge is 2.17. The van der Waals surface area contributed by atoms with Gasteiger partial charge in [0.2, 0.25) is 5.91 Å². The van der Waals surface area contributed by atoms with Crippen LogP contribution in [0.25, 0.3) is 33.7 Å². The molecular formula is C26H22N6O. The Morgan fingerprint density at radius 2 is 1.76 bits per heavy atom. The third-order valence-corrected chi connectivity index (χ3v) is 5.50. The zero-order valence-electron chi connectivity index (χ0n) is 18.1. The molecule has 3 heterocycles. The summed E-state index contributed by atoms with van der Waals surface area (Å²) in [6.07, 6.45) is 4.73. The van der Waals surface area contributed by atoms with Gasteiger partial charge in [-0.3, -0.25) is 19.7 Å². The molecule has 0 saturated carbocycles. The van der Waals surface area contributed by atoms with Crippen LogP contribution in [0.2, 0.25) is 0 Å². The lowest BCUT2D eigenvalue weighted by Gasteiger charge is -2.05. The first-order chi connectivity index (χ1) is 16.1. The van der Waals surface area contributed by atoms with Gasteiger partial charge in [0, 0.05) is 35.6 Å². The van der Waals surface area contributed by atoms with Crippen LogP contribution in [0, 0.1) is 0 Å². The van der Waals surface area contributed by atoms with E-state index in [0.29, 0.717) is 12.0 Å². The van der Waals surface area contributed by atoms with Crippen LogP contribution in [0.15, 0.2) is 73.1 Å². The number of nitrogens with zero attached hydrogens (tertiary/aromatic N) is 4. The Kier molecular flexibility index (Phi) is 5.36. The maximum absolute atomic E-state index is 11.6. The Hall–Kier alpha value is -4.39. The van der Waals surface area contributed by atoms with E-state index in [-0.39, 0.29) is 0 Å². The van der Waals surface area contributed by atoms with Crippen molar-refractivity contribution in [3.63, 3.8) is 0 Å². The first kappa shape index (κ1) is 20.5. The quantitative estimate of drug-likeness (QED) is 0.413. The van der Waals surface area contributed by atoms with Crippen LogP contribution >= 0.6 is 0 Å². The number of nitrogens with one attached hydrogen (secondary N) is 1. The number of H-pyrrole nitrogens is 1. The van der Waals surface area contributed by atoms with Gasteiger partial charge < -0.3 is 10.7 Å². The predicted molar refractivity (Wildman–Crippen MR) is 127 cm³/mol. The highest BCUT2D eigenvalue weighted by Crippen LogP contribution is 2.31. The molecule has 0 bridgehead atoms. The molecule has 2 aromatic carbocycles. The zero-order valence-corrected chi connectivity index (χ0v) is 18.1. The lowest BCUT2D eigenvalue weighted by Crippen LogP contribution is -2.11. The van der Waals surface area contributed by atoms with Gasteiger partial charge in [0.05, 0.1) is 28.1 Å². The van der Waals surface area contributed by atoms with Gasteiger partial charge in [-0.15, -0.1) is 0 Å². The Bertz CT molecular complexity index is 1470. The van der Waals surface area contributed by atoms with Gasteiger partial charge in [-0.25, -0.2) is 4.98 Å². The highest BCUT2D eigenvalue weighted by molar-refractivity contribution is 5.93. The molecule has 3 N–H and O–H groups in total. The van der Waals surface area contributed by atoms with Crippen LogP contribution in [0.3, 0.4) is 0 Å². The highest BCUT2D eigenvalue weighted by atomic mass is 16.1. The summed E-state index contributed by atoms with van der Waals surface area (Å²) in [5.74, 6) is 0.320. The molecule has 0 saturated heterocycles. The lowest BCUT2D eigenvalue weighted by atomic mass is 10.1. The lowest BCUT2D eigenvalue weighted by molar-refractivity contribution is 0.1000. The van der Waals surface area contributed by atoms with E-state index >= 15 is 0 Å². The molecule has 0 radical (unpaired) electrons. The van der Waals surface area contributed by atoms with E-state index < -0.39 is 5.91 Å². The number of pyridine rings is 1. The maximum Gasteiger partial charge on any atom is 0.248 e. The average molecular weight is 435 g/mol. The Morgan fingerprint density at radius 3 is 2.58 bits per heavy atom. The molecule has 0 aliphatic carbocycles. The van der Waals surface area contributed by atoms with Gasteiger partial charge >= 0.3 is 0 Å². The van der Waals surface area contributed by atoms with Crippen LogP contribution in [0.5, 0.6) is 0 Å². The van der Waals surface area contributed by atoms with Crippen molar-refractivity contribution in [1.82, 2.24) is 24.9 Å². The monoisotopic (exact) mass is 434 g/mol. The summed E-state index contributed by atoms with van der Waals surface area (Å²) >= 11 is 0. The third kappa shape index (κ3) is 4.21. The fraction of sp³-hybridized carbons (Fsp3) is 0.115. The third-order valence-electron chi connectivity index (χ3n) is 5.50. The summed E-state index contributed by atoms with van der Waals surface area (Å²) in [5, 5.41) is 0. The van der Waals surface area contributed by atoms with Crippen molar-refractivity contribution in [3.8, 4) is 22.6 Å². The normalized spacial score (nSPS) is 11.1. The van der Waals surface area contributed by atoms with Gasteiger partial charge in [-0.2, -0.15) is 0 Å². The van der Waals surface area contributed by atoms with Gasteiger partial charge in [0.15, 0.2) is 0 Å². The van der Waals surface area contributed by atoms with Crippen LogP contribution in [0.4, 0.5) is 0 Å². The summed E-state index contributed by atoms with van der Waals surface area (Å²) in [6, 6.07) is 19.2. The van der Waals surface area contributed by atoms with E-state index in [9.17, 15) is 4.79 Å². The van der Waals surface area contributed by atoms with Crippen molar-refractivity contribution in [1.29, 1.82) is 0 Å². The van der Waals surface area contributed by atoms with Gasteiger partial charge in [0.1, 0.15) is 5.82 Å². The molecule has 162 valence electrons. The van der Waals surface area contributed by atoms with Gasteiger partial charge in [-0.1, -0.05) is 31.2 Å². The van der Waals surface area contributed by atoms with Gasteiger partial charge in [0.25, 0.3) is 0 Å². The van der Waals surface area contributed by atoms with Gasteiger partial charge in [-0.05, 0) is 48.4 Å². The Labute approximate surface area is 190 Å². The Morgan fingerprint density at radius 1 is 0.939 bits per heavy atom. The minimum Gasteiger partial charge on any atom is -0.366 e. The standard InChI is InChI=1S/C26H22N6O/c1-2-19-7-4-8-21(30-19)25-24(17-9-10-20-22(15-17)29-12-11-28-20)31-23(32-25)14-16-5-3-6-18(13-16)26(27)33/h3-13,15H,2,14H2,1H3,(H2,27,33)(H,31,32). The van der Waals surface area contributed by atoms with Crippen LogP contribution < -0.4 is 5.73 Å². The van der Waals surface area contributed by atoms with Crippen molar-refractivity contribution in [2.24, 2.45) is 5.73 Å². The number of hydrogen-bond acceptors (Lipinski definition) is 5. The first-order valence-corrected chi connectivity index (χ1v) is 10.8. The number of fused-ring (bicyclic) bond motifs is 1. The SMILES string of the molecule is CCc1cccc(-c2[nH]c(Cc3cccc(C(N)=O)c3)nc2-c2ccc3nccnc3c2)n1. The maximum atomic E-state index is 11.6. The minimum absolute atomic E-state index is 0.449. The Balaban J connectivity index is 1.62. The summed E-state index contributed by atoms with van der Waals surface area (Å²) in [7, 11) is 0. The number of carbonyl (C=O) groups excluding carboxylic acids is 1. The number of primary amides is 1. The van der Waals surface area contributed by atoms with Crippen LogP contribution in [-0.4, -0.2) is 30.8 Å². The number of aromatic amines is 1. The fourth-order valence-electron chi connectivity index (χ4n) is 3.85. The van der Waals surface area contributed by atoms with Crippen molar-refractivity contribution in [3.05, 3.63) is 95.7 Å². The number of hydrogen-bond donors (Lipinski definition) is 2. The van der Waals surface area contributed by atoms with E-state index in [4.69, 9.17) is 15.7 Å². The molecule has 5 aromatic rings. The number of carbonyl (C=O) groups is 1. The second-order valence-corrected chi connectivity index (χ2v) is 7.78. The minimum atomic E-state index is -0.449. The molecule has 7 nitrogen and oxygen atoms in total. The summed E-state index contributed by atoms with van der Waals surface area (Å²) in [6.45, 7) is 2.08. The number of rotatable bonds is 6. The van der Waals surface area contributed by atoms with E-state index in [2.05, 4.69) is 21.9 Å². The van der Waals surface area contributed by atoms with Crippen molar-refractivity contribution < 1.29 is 4.79 Å². The number of nitrogens with two attached hydrogens (primary N) is 1. The topological polar surface area (TPSA) is 110 Å². The molecule has 1 amide bonds. The molecule has 0 atom stereocenters. The number of imidazole rings is 1. The second-order valence-electron chi connectivity index (χ2n) is 7.78. The van der Waals surface area contributed by atoms with Crippen molar-refractivity contribution >= 4 is 16.9 Å². The molecule has 7 heteroatoms. The summed E-state index contributed by atoms with van der Waals surface area (Å²) in [4.78, 5) is 33.6. The molecule has 0 aliphatic rings. The van der Waals surface area contributed by atoms with E-state index in [0.717, 1.165) is 57.2 Å². The molecule has 0 unspecified atom stereocenters. The first-order valence-electron chi connectivity index (χ1n) is 10.8. The molecule has 5 rings (SSSR count). The van der Waals surface area contributed by atoms with Crippen molar-refractivity contribution in [2.75, 3.05) is 0 Å². The average Bonchev–Trinajstić information content (AvgIpc) is 3.27. The molecule has 0 fully saturated rings. The number of aromatic nitrogens is 5. The van der Waals surface area contributed by atoms with Crippen molar-refractivity contribution in [2.45, 2.75) is 19.8 Å². The number of amides is 1. The number of benzene rings is 2. The molecule has 3 aromatic heterocycles. The second kappa shape index (κ2) is 8.63. The van der Waals surface area contributed by atoms with E-state index in [1.165, 1.54) is 0 Å². The largest absolute Gasteiger partial charge is 0.366 e. The van der Waals surface area contributed by atoms with Crippen LogP contribution in [0.1, 0.15) is 34.4 Å². The molecule has 33 heavy (non-hydrogen) atoms. The van der Waals surface area contributed by atoms with E-state index in [1.807, 2.05) is 48.5 Å². The molecule has 0 aliphatic heterocycles. The zero-order chi connectivity index (χ0) is 22.8. The molecule has 0 spiro atoms. The van der Waals surface area contributed by atoms with E-state index in [1.54, 1.807) is 24.5 Å². The summed E-state index contributed by atoms with van der Waals surface area (Å²) in [5.41, 5.74) is 12.9. The summed E-state index contributed by atoms with van der Waals surface area (Å²) < 4.78 is 0. The number of aryl methyl sites for hydroxylation is 1. The molecular weight excluding hydrogens is 412 g/mol. The smallest absolute Gasteiger partial charge is 0.248 e. The van der Waals surface area contributed by atoms with Crippen LogP contribution in [-0.2, 0) is 12.8 Å². The predicted octanol–water partition coefficient (Wildman–Crippen LogP) is 4.33.